The van der Waals surface area contributed by atoms with Crippen molar-refractivity contribution >= 4 is 15.7 Å². The second-order valence-corrected chi connectivity index (χ2v) is 6.66. The van der Waals surface area contributed by atoms with Gasteiger partial charge in [0.1, 0.15) is 5.75 Å². The average Bonchev–Trinajstić information content (AvgIpc) is 2.44. The first-order valence-corrected chi connectivity index (χ1v) is 8.11. The largest absolute Gasteiger partial charge is 0.508 e. The number of benzene rings is 2. The van der Waals surface area contributed by atoms with E-state index in [1.807, 2.05) is 0 Å². The number of carbonyl (C=O) groups excluding carboxylic acids is 1. The van der Waals surface area contributed by atoms with Gasteiger partial charge in [0, 0.05) is 18.4 Å². The van der Waals surface area contributed by atoms with Gasteiger partial charge in [-0.2, -0.15) is 0 Å². The van der Waals surface area contributed by atoms with Gasteiger partial charge < -0.3 is 10.4 Å². The zero-order valence-corrected chi connectivity index (χ0v) is 12.2. The molecule has 5 nitrogen and oxygen atoms in total. The molecule has 0 heterocycles. The van der Waals surface area contributed by atoms with Crippen molar-refractivity contribution in [1.82, 2.24) is 5.32 Å². The Hall–Kier alpha value is -2.34. The third kappa shape index (κ3) is 4.06. The van der Waals surface area contributed by atoms with Crippen LogP contribution in [0.25, 0.3) is 0 Å². The van der Waals surface area contributed by atoms with Gasteiger partial charge in [-0.25, -0.2) is 8.42 Å². The zero-order chi connectivity index (χ0) is 15.5. The highest BCUT2D eigenvalue weighted by molar-refractivity contribution is 7.90. The molecule has 0 aromatic heterocycles. The molecule has 0 saturated carbocycles. The van der Waals surface area contributed by atoms with E-state index < -0.39 is 9.84 Å². The molecule has 110 valence electrons. The topological polar surface area (TPSA) is 83.5 Å². The fourth-order valence-electron chi connectivity index (χ4n) is 1.80. The molecule has 0 atom stereocenters. The quantitative estimate of drug-likeness (QED) is 0.901. The molecule has 2 rings (SSSR count). The zero-order valence-electron chi connectivity index (χ0n) is 11.4. The summed E-state index contributed by atoms with van der Waals surface area (Å²) in [5, 5.41) is 12.0. The number of phenols is 1. The van der Waals surface area contributed by atoms with E-state index in [1.165, 1.54) is 24.3 Å². The third-order valence-electron chi connectivity index (χ3n) is 2.91. The number of sulfone groups is 1. The van der Waals surface area contributed by atoms with Crippen molar-refractivity contribution in [2.45, 2.75) is 11.4 Å². The maximum atomic E-state index is 11.9. The lowest BCUT2D eigenvalue weighted by molar-refractivity contribution is 0.0950. The molecule has 0 saturated heterocycles. The van der Waals surface area contributed by atoms with Gasteiger partial charge in [0.2, 0.25) is 0 Å². The maximum absolute atomic E-state index is 11.9. The standard InChI is InChI=1S/C15H15NO4S/c1-21(19,20)14-7-5-12(6-8-14)15(18)16-10-11-3-2-4-13(17)9-11/h2-9,17H,10H2,1H3,(H,16,18). The van der Waals surface area contributed by atoms with E-state index >= 15 is 0 Å². The normalized spacial score (nSPS) is 11.1. The highest BCUT2D eigenvalue weighted by Gasteiger charge is 2.09. The van der Waals surface area contributed by atoms with Crippen LogP contribution in [0, 0.1) is 0 Å². The Bertz CT molecular complexity index is 751. The molecular weight excluding hydrogens is 290 g/mol. The van der Waals surface area contributed by atoms with Crippen LogP contribution in [0.15, 0.2) is 53.4 Å². The van der Waals surface area contributed by atoms with Gasteiger partial charge in [0.25, 0.3) is 5.91 Å². The predicted molar refractivity (Wildman–Crippen MR) is 78.8 cm³/mol. The van der Waals surface area contributed by atoms with E-state index in [1.54, 1.807) is 24.3 Å². The molecule has 2 aromatic carbocycles. The molecule has 0 aliphatic heterocycles. The van der Waals surface area contributed by atoms with Crippen LogP contribution in [0.4, 0.5) is 0 Å². The van der Waals surface area contributed by atoms with E-state index in [2.05, 4.69) is 5.32 Å². The van der Waals surface area contributed by atoms with Crippen LogP contribution in [-0.2, 0) is 16.4 Å². The number of hydrogen-bond donors (Lipinski definition) is 2. The van der Waals surface area contributed by atoms with Crippen molar-refractivity contribution in [3.8, 4) is 5.75 Å². The van der Waals surface area contributed by atoms with Gasteiger partial charge in [-0.05, 0) is 42.0 Å². The molecule has 0 fully saturated rings. The van der Waals surface area contributed by atoms with Gasteiger partial charge in [-0.1, -0.05) is 12.1 Å². The number of rotatable bonds is 4. The van der Waals surface area contributed by atoms with E-state index in [-0.39, 0.29) is 23.1 Å². The molecule has 2 aromatic rings. The van der Waals surface area contributed by atoms with Crippen LogP contribution < -0.4 is 5.32 Å². The van der Waals surface area contributed by atoms with Crippen LogP contribution in [0.3, 0.4) is 0 Å². The molecular formula is C15H15NO4S. The lowest BCUT2D eigenvalue weighted by Crippen LogP contribution is -2.22. The Balaban J connectivity index is 2.04. The highest BCUT2D eigenvalue weighted by atomic mass is 32.2. The van der Waals surface area contributed by atoms with E-state index in [9.17, 15) is 18.3 Å². The second kappa shape index (κ2) is 5.97. The van der Waals surface area contributed by atoms with Gasteiger partial charge in [-0.3, -0.25) is 4.79 Å². The third-order valence-corrected chi connectivity index (χ3v) is 4.04. The summed E-state index contributed by atoms with van der Waals surface area (Å²) in [5.41, 5.74) is 1.15. The number of amides is 1. The Morgan fingerprint density at radius 1 is 1.14 bits per heavy atom. The molecule has 0 aliphatic carbocycles. The summed E-state index contributed by atoms with van der Waals surface area (Å²) in [4.78, 5) is 12.1. The monoisotopic (exact) mass is 305 g/mol. The fourth-order valence-corrected chi connectivity index (χ4v) is 2.43. The van der Waals surface area contributed by atoms with Crippen LogP contribution >= 0.6 is 0 Å². The Kier molecular flexibility index (Phi) is 4.28. The predicted octanol–water partition coefficient (Wildman–Crippen LogP) is 1.73. The molecule has 1 amide bonds. The maximum Gasteiger partial charge on any atom is 0.251 e. The van der Waals surface area contributed by atoms with Crippen molar-refractivity contribution in [3.63, 3.8) is 0 Å². The van der Waals surface area contributed by atoms with Crippen LogP contribution in [0.5, 0.6) is 5.75 Å². The number of carbonyl (C=O) groups is 1. The average molecular weight is 305 g/mol. The number of nitrogens with one attached hydrogen (secondary N) is 1. The molecule has 0 bridgehead atoms. The summed E-state index contributed by atoms with van der Waals surface area (Å²) in [6.45, 7) is 0.279. The molecule has 0 radical (unpaired) electrons. The fraction of sp³-hybridized carbons (Fsp3) is 0.133. The summed E-state index contributed by atoms with van der Waals surface area (Å²) in [6.07, 6.45) is 1.12. The van der Waals surface area contributed by atoms with Gasteiger partial charge >= 0.3 is 0 Å². The first kappa shape index (κ1) is 15.1. The molecule has 0 spiro atoms. The SMILES string of the molecule is CS(=O)(=O)c1ccc(C(=O)NCc2cccc(O)c2)cc1. The van der Waals surface area contributed by atoms with E-state index in [4.69, 9.17) is 0 Å². The summed E-state index contributed by atoms with van der Waals surface area (Å²) < 4.78 is 22.7. The van der Waals surface area contributed by atoms with Crippen molar-refractivity contribution in [1.29, 1.82) is 0 Å². The second-order valence-electron chi connectivity index (χ2n) is 4.65. The summed E-state index contributed by atoms with van der Waals surface area (Å²) in [5.74, 6) is -0.169. The minimum absolute atomic E-state index is 0.138. The first-order valence-electron chi connectivity index (χ1n) is 6.22. The van der Waals surface area contributed by atoms with Crippen molar-refractivity contribution in [2.24, 2.45) is 0 Å². The van der Waals surface area contributed by atoms with Crippen molar-refractivity contribution in [2.75, 3.05) is 6.26 Å². The van der Waals surface area contributed by atoms with Gasteiger partial charge in [0.05, 0.1) is 4.90 Å². The molecule has 0 aliphatic rings. The van der Waals surface area contributed by atoms with Crippen LogP contribution in [0.1, 0.15) is 15.9 Å². The van der Waals surface area contributed by atoms with E-state index in [0.29, 0.717) is 5.56 Å². The lowest BCUT2D eigenvalue weighted by Gasteiger charge is -2.06. The van der Waals surface area contributed by atoms with E-state index in [0.717, 1.165) is 11.8 Å². The summed E-state index contributed by atoms with van der Waals surface area (Å²) in [7, 11) is -3.26. The molecule has 6 heteroatoms. The molecule has 0 unspecified atom stereocenters. The molecule has 2 N–H and O–H groups in total. The summed E-state index contributed by atoms with van der Waals surface area (Å²) in [6, 6.07) is 12.3. The van der Waals surface area contributed by atoms with Crippen molar-refractivity contribution < 1.29 is 18.3 Å². The lowest BCUT2D eigenvalue weighted by atomic mass is 10.2. The van der Waals surface area contributed by atoms with Gasteiger partial charge in [0.15, 0.2) is 9.84 Å². The highest BCUT2D eigenvalue weighted by Crippen LogP contribution is 2.12. The Morgan fingerprint density at radius 3 is 2.38 bits per heavy atom. The number of phenolic OH excluding ortho intramolecular Hbond substituents is 1. The Labute approximate surface area is 123 Å². The summed E-state index contributed by atoms with van der Waals surface area (Å²) >= 11 is 0. The number of hydrogen-bond acceptors (Lipinski definition) is 4. The van der Waals surface area contributed by atoms with Crippen LogP contribution in [-0.4, -0.2) is 25.7 Å². The minimum Gasteiger partial charge on any atom is -0.508 e. The van der Waals surface area contributed by atoms with Gasteiger partial charge in [-0.15, -0.1) is 0 Å². The smallest absolute Gasteiger partial charge is 0.251 e. The van der Waals surface area contributed by atoms with Crippen molar-refractivity contribution in [3.05, 3.63) is 59.7 Å². The molecule has 21 heavy (non-hydrogen) atoms. The first-order chi connectivity index (χ1) is 9.86. The minimum atomic E-state index is -3.26. The Morgan fingerprint density at radius 2 is 1.81 bits per heavy atom. The van der Waals surface area contributed by atoms with Crippen LogP contribution in [0.2, 0.25) is 0 Å². The number of aromatic hydroxyl groups is 1.